The van der Waals surface area contributed by atoms with Crippen molar-refractivity contribution in [2.45, 2.75) is 19.6 Å². The third-order valence-corrected chi connectivity index (χ3v) is 2.32. The molecule has 106 valence electrons. The van der Waals surface area contributed by atoms with Crippen LogP contribution in [0, 0.1) is 0 Å². The van der Waals surface area contributed by atoms with Crippen LogP contribution in [0.15, 0.2) is 18.2 Å². The Labute approximate surface area is 109 Å². The molecule has 0 bridgehead atoms. The molecule has 0 amide bonds. The molecule has 1 atom stereocenters. The van der Waals surface area contributed by atoms with E-state index in [9.17, 15) is 13.6 Å². The standard InChI is InChI=1S/C12H15F2NO4/c1-7(11(16)18-3)15-8-4-5-9(17-2)10(6-8)19-12(13)14/h4-7,12,15H,1-3H3. The van der Waals surface area contributed by atoms with Gasteiger partial charge in [0.2, 0.25) is 0 Å². The number of benzene rings is 1. The van der Waals surface area contributed by atoms with Crippen LogP contribution in [0.1, 0.15) is 6.92 Å². The summed E-state index contributed by atoms with van der Waals surface area (Å²) in [6.07, 6.45) is 0. The fraction of sp³-hybridized carbons (Fsp3) is 0.417. The SMILES string of the molecule is COC(=O)C(C)Nc1ccc(OC)c(OC(F)F)c1. The Morgan fingerprint density at radius 2 is 1.95 bits per heavy atom. The second kappa shape index (κ2) is 6.77. The molecule has 19 heavy (non-hydrogen) atoms. The normalized spacial score (nSPS) is 11.9. The second-order valence-corrected chi connectivity index (χ2v) is 3.63. The molecule has 1 N–H and O–H groups in total. The Hall–Kier alpha value is -2.05. The summed E-state index contributed by atoms with van der Waals surface area (Å²) >= 11 is 0. The van der Waals surface area contributed by atoms with Gasteiger partial charge >= 0.3 is 12.6 Å². The van der Waals surface area contributed by atoms with Gasteiger partial charge in [-0.25, -0.2) is 4.79 Å². The van der Waals surface area contributed by atoms with Crippen molar-refractivity contribution < 1.29 is 27.8 Å². The van der Waals surface area contributed by atoms with Crippen molar-refractivity contribution in [1.82, 2.24) is 0 Å². The first-order valence-corrected chi connectivity index (χ1v) is 5.45. The van der Waals surface area contributed by atoms with Crippen molar-refractivity contribution in [1.29, 1.82) is 0 Å². The molecule has 0 heterocycles. The zero-order chi connectivity index (χ0) is 14.4. The van der Waals surface area contributed by atoms with Crippen LogP contribution in [0.4, 0.5) is 14.5 Å². The predicted molar refractivity (Wildman–Crippen MR) is 64.7 cm³/mol. The number of carbonyl (C=O) groups excluding carboxylic acids is 1. The number of rotatable bonds is 6. The maximum atomic E-state index is 12.2. The number of carbonyl (C=O) groups is 1. The van der Waals surface area contributed by atoms with Crippen LogP contribution in [0.2, 0.25) is 0 Å². The van der Waals surface area contributed by atoms with Crippen molar-refractivity contribution in [2.24, 2.45) is 0 Å². The highest BCUT2D eigenvalue weighted by atomic mass is 19.3. The molecule has 1 unspecified atom stereocenters. The van der Waals surface area contributed by atoms with Gasteiger partial charge in [0.15, 0.2) is 11.5 Å². The largest absolute Gasteiger partial charge is 0.493 e. The maximum Gasteiger partial charge on any atom is 0.387 e. The molecule has 0 aromatic heterocycles. The van der Waals surface area contributed by atoms with Crippen molar-refractivity contribution in [3.63, 3.8) is 0 Å². The molecular formula is C12H15F2NO4. The van der Waals surface area contributed by atoms with E-state index in [1.165, 1.54) is 26.4 Å². The zero-order valence-corrected chi connectivity index (χ0v) is 10.8. The van der Waals surface area contributed by atoms with Crippen LogP contribution in [-0.4, -0.2) is 32.8 Å². The van der Waals surface area contributed by atoms with Crippen molar-refractivity contribution in [3.05, 3.63) is 18.2 Å². The van der Waals surface area contributed by atoms with E-state index in [4.69, 9.17) is 4.74 Å². The van der Waals surface area contributed by atoms with Crippen molar-refractivity contribution in [2.75, 3.05) is 19.5 Å². The minimum atomic E-state index is -2.96. The molecular weight excluding hydrogens is 260 g/mol. The van der Waals surface area contributed by atoms with E-state index in [0.29, 0.717) is 5.69 Å². The van der Waals surface area contributed by atoms with Crippen LogP contribution in [0.3, 0.4) is 0 Å². The van der Waals surface area contributed by atoms with Gasteiger partial charge in [-0.15, -0.1) is 0 Å². The number of hydrogen-bond acceptors (Lipinski definition) is 5. The van der Waals surface area contributed by atoms with Gasteiger partial charge in [0.05, 0.1) is 14.2 Å². The van der Waals surface area contributed by atoms with E-state index in [1.54, 1.807) is 13.0 Å². The quantitative estimate of drug-likeness (QED) is 0.807. The van der Waals surface area contributed by atoms with Gasteiger partial charge in [0, 0.05) is 11.8 Å². The molecule has 0 saturated carbocycles. The highest BCUT2D eigenvalue weighted by Crippen LogP contribution is 2.31. The fourth-order valence-electron chi connectivity index (χ4n) is 1.44. The maximum absolute atomic E-state index is 12.2. The topological polar surface area (TPSA) is 56.8 Å². The minimum absolute atomic E-state index is 0.112. The van der Waals surface area contributed by atoms with Crippen LogP contribution in [0.25, 0.3) is 0 Å². The number of nitrogens with one attached hydrogen (secondary N) is 1. The van der Waals surface area contributed by atoms with Crippen LogP contribution >= 0.6 is 0 Å². The lowest BCUT2D eigenvalue weighted by Gasteiger charge is -2.15. The van der Waals surface area contributed by atoms with E-state index in [-0.39, 0.29) is 11.5 Å². The zero-order valence-electron chi connectivity index (χ0n) is 10.8. The first-order valence-electron chi connectivity index (χ1n) is 5.45. The number of alkyl halides is 2. The first-order chi connectivity index (χ1) is 8.97. The van der Waals surface area contributed by atoms with Gasteiger partial charge in [0.1, 0.15) is 6.04 Å². The van der Waals surface area contributed by atoms with E-state index < -0.39 is 18.6 Å². The number of methoxy groups -OCH3 is 2. The van der Waals surface area contributed by atoms with Crippen LogP contribution in [0.5, 0.6) is 11.5 Å². The summed E-state index contributed by atoms with van der Waals surface area (Å²) in [5.74, 6) is -0.400. The molecule has 1 aromatic rings. The summed E-state index contributed by atoms with van der Waals surface area (Å²) in [7, 11) is 2.61. The Morgan fingerprint density at radius 1 is 1.26 bits per heavy atom. The lowest BCUT2D eigenvalue weighted by Crippen LogP contribution is -2.27. The molecule has 0 aliphatic rings. The lowest BCUT2D eigenvalue weighted by molar-refractivity contribution is -0.141. The summed E-state index contributed by atoms with van der Waals surface area (Å²) in [4.78, 5) is 11.2. The van der Waals surface area contributed by atoms with Gasteiger partial charge in [-0.05, 0) is 19.1 Å². The summed E-state index contributed by atoms with van der Waals surface area (Å²) in [6.45, 7) is -1.37. The van der Waals surface area contributed by atoms with Gasteiger partial charge in [-0.2, -0.15) is 8.78 Å². The monoisotopic (exact) mass is 275 g/mol. The summed E-state index contributed by atoms with van der Waals surface area (Å²) in [5, 5.41) is 2.80. The Morgan fingerprint density at radius 3 is 2.47 bits per heavy atom. The third kappa shape index (κ3) is 4.27. The highest BCUT2D eigenvalue weighted by Gasteiger charge is 2.15. The Bertz CT molecular complexity index is 440. The molecule has 0 aliphatic carbocycles. The van der Waals surface area contributed by atoms with Crippen molar-refractivity contribution >= 4 is 11.7 Å². The summed E-state index contributed by atoms with van der Waals surface area (Å²) in [6, 6.07) is 3.75. The lowest BCUT2D eigenvalue weighted by atomic mass is 10.2. The molecule has 0 saturated heterocycles. The number of ether oxygens (including phenoxy) is 3. The number of anilines is 1. The predicted octanol–water partition coefficient (Wildman–Crippen LogP) is 2.27. The number of hydrogen-bond donors (Lipinski definition) is 1. The summed E-state index contributed by atoms with van der Waals surface area (Å²) in [5.41, 5.74) is 0.439. The average molecular weight is 275 g/mol. The summed E-state index contributed by atoms with van der Waals surface area (Å²) < 4.78 is 38.3. The molecule has 0 radical (unpaired) electrons. The molecule has 1 rings (SSSR count). The Kier molecular flexibility index (Phi) is 5.35. The van der Waals surface area contributed by atoms with Crippen molar-refractivity contribution in [3.8, 4) is 11.5 Å². The molecule has 0 spiro atoms. The minimum Gasteiger partial charge on any atom is -0.493 e. The van der Waals surface area contributed by atoms with Crippen LogP contribution < -0.4 is 14.8 Å². The van der Waals surface area contributed by atoms with Gasteiger partial charge in [-0.1, -0.05) is 0 Å². The second-order valence-electron chi connectivity index (χ2n) is 3.63. The van der Waals surface area contributed by atoms with E-state index in [0.717, 1.165) is 0 Å². The van der Waals surface area contributed by atoms with Gasteiger partial charge < -0.3 is 19.5 Å². The molecule has 0 aliphatic heterocycles. The average Bonchev–Trinajstić information content (AvgIpc) is 2.37. The third-order valence-electron chi connectivity index (χ3n) is 2.32. The fourth-order valence-corrected chi connectivity index (χ4v) is 1.44. The smallest absolute Gasteiger partial charge is 0.387 e. The van der Waals surface area contributed by atoms with Gasteiger partial charge in [0.25, 0.3) is 0 Å². The molecule has 5 nitrogen and oxygen atoms in total. The highest BCUT2D eigenvalue weighted by molar-refractivity contribution is 5.78. The molecule has 7 heteroatoms. The molecule has 0 fully saturated rings. The first kappa shape index (κ1) is 15.0. The number of esters is 1. The van der Waals surface area contributed by atoms with Gasteiger partial charge in [-0.3, -0.25) is 0 Å². The van der Waals surface area contributed by atoms with E-state index in [2.05, 4.69) is 14.8 Å². The van der Waals surface area contributed by atoms with E-state index >= 15 is 0 Å². The van der Waals surface area contributed by atoms with Crippen LogP contribution in [-0.2, 0) is 9.53 Å². The molecule has 1 aromatic carbocycles. The Balaban J connectivity index is 2.88. The van der Waals surface area contributed by atoms with E-state index in [1.807, 2.05) is 0 Å². The number of halogens is 2.